The van der Waals surface area contributed by atoms with Crippen molar-refractivity contribution >= 4 is 11.9 Å². The molecule has 1 aromatic rings. The molecule has 1 fully saturated rings. The number of hydrogen-bond donors (Lipinski definition) is 0. The van der Waals surface area contributed by atoms with E-state index in [0.717, 1.165) is 31.8 Å². The van der Waals surface area contributed by atoms with Crippen LogP contribution in [-0.2, 0) is 9.53 Å². The number of ether oxygens (including phenoxy) is 1. The van der Waals surface area contributed by atoms with Gasteiger partial charge in [-0.3, -0.25) is 4.79 Å². The third-order valence-corrected chi connectivity index (χ3v) is 2.93. The molecule has 1 aromatic heterocycles. The number of hydrogen-bond acceptors (Lipinski definition) is 5. The Morgan fingerprint density at radius 3 is 2.94 bits per heavy atom. The summed E-state index contributed by atoms with van der Waals surface area (Å²) in [6.07, 6.45) is 3.97. The summed E-state index contributed by atoms with van der Waals surface area (Å²) in [4.78, 5) is 21.4. The normalized spacial score (nSPS) is 19.7. The van der Waals surface area contributed by atoms with Gasteiger partial charge >= 0.3 is 5.97 Å². The summed E-state index contributed by atoms with van der Waals surface area (Å²) >= 11 is 0. The van der Waals surface area contributed by atoms with Crippen LogP contribution in [0.4, 0.5) is 10.3 Å². The zero-order chi connectivity index (χ0) is 13.0. The lowest BCUT2D eigenvalue weighted by atomic mass is 9.98. The van der Waals surface area contributed by atoms with Crippen molar-refractivity contribution in [3.05, 3.63) is 18.2 Å². The molecule has 0 bridgehead atoms. The van der Waals surface area contributed by atoms with Gasteiger partial charge in [-0.2, -0.15) is 0 Å². The molecule has 6 heteroatoms. The number of esters is 1. The maximum absolute atomic E-state index is 12.7. The van der Waals surface area contributed by atoms with Gasteiger partial charge in [-0.1, -0.05) is 0 Å². The van der Waals surface area contributed by atoms with Gasteiger partial charge in [0, 0.05) is 13.1 Å². The molecule has 0 aliphatic carbocycles. The van der Waals surface area contributed by atoms with E-state index in [2.05, 4.69) is 9.97 Å². The highest BCUT2D eigenvalue weighted by Crippen LogP contribution is 2.21. The molecular formula is C12H16FN3O2. The molecule has 0 N–H and O–H groups in total. The van der Waals surface area contributed by atoms with Crippen molar-refractivity contribution in [3.8, 4) is 0 Å². The van der Waals surface area contributed by atoms with Crippen LogP contribution >= 0.6 is 0 Å². The van der Waals surface area contributed by atoms with Crippen molar-refractivity contribution in [2.24, 2.45) is 5.92 Å². The molecule has 5 nitrogen and oxygen atoms in total. The Hall–Kier alpha value is -1.72. The molecule has 2 heterocycles. The van der Waals surface area contributed by atoms with Crippen LogP contribution in [0.2, 0.25) is 0 Å². The summed E-state index contributed by atoms with van der Waals surface area (Å²) in [5, 5.41) is 0. The summed E-state index contributed by atoms with van der Waals surface area (Å²) in [6, 6.07) is 0. The Labute approximate surface area is 105 Å². The van der Waals surface area contributed by atoms with Crippen molar-refractivity contribution < 1.29 is 13.9 Å². The van der Waals surface area contributed by atoms with Gasteiger partial charge in [0.25, 0.3) is 0 Å². The van der Waals surface area contributed by atoms with E-state index in [4.69, 9.17) is 4.74 Å². The fraction of sp³-hybridized carbons (Fsp3) is 0.583. The van der Waals surface area contributed by atoms with Gasteiger partial charge in [-0.15, -0.1) is 0 Å². The number of nitrogens with zero attached hydrogens (tertiary/aromatic N) is 3. The maximum atomic E-state index is 12.7. The fourth-order valence-corrected chi connectivity index (χ4v) is 2.08. The van der Waals surface area contributed by atoms with E-state index < -0.39 is 5.82 Å². The quantitative estimate of drug-likeness (QED) is 0.762. The first-order valence-electron chi connectivity index (χ1n) is 6.10. The summed E-state index contributed by atoms with van der Waals surface area (Å²) in [7, 11) is 0. The van der Waals surface area contributed by atoms with E-state index in [0.29, 0.717) is 19.1 Å². The highest BCUT2D eigenvalue weighted by atomic mass is 19.1. The minimum absolute atomic E-state index is 0.146. The molecule has 1 atom stereocenters. The van der Waals surface area contributed by atoms with E-state index >= 15 is 0 Å². The first-order chi connectivity index (χ1) is 8.70. The van der Waals surface area contributed by atoms with Crippen LogP contribution in [0.25, 0.3) is 0 Å². The fourth-order valence-electron chi connectivity index (χ4n) is 2.08. The highest BCUT2D eigenvalue weighted by Gasteiger charge is 2.27. The average Bonchev–Trinajstić information content (AvgIpc) is 2.40. The Morgan fingerprint density at radius 1 is 1.56 bits per heavy atom. The number of aromatic nitrogens is 2. The van der Waals surface area contributed by atoms with Crippen LogP contribution in [0.1, 0.15) is 19.8 Å². The molecule has 0 amide bonds. The number of piperidine rings is 1. The molecule has 1 unspecified atom stereocenters. The zero-order valence-electron chi connectivity index (χ0n) is 10.3. The topological polar surface area (TPSA) is 55.3 Å². The number of anilines is 1. The molecule has 1 saturated heterocycles. The molecule has 0 spiro atoms. The van der Waals surface area contributed by atoms with Crippen LogP contribution in [0, 0.1) is 11.7 Å². The van der Waals surface area contributed by atoms with E-state index in [1.165, 1.54) is 0 Å². The lowest BCUT2D eigenvalue weighted by molar-refractivity contribution is -0.148. The third kappa shape index (κ3) is 2.94. The molecule has 98 valence electrons. The van der Waals surface area contributed by atoms with Crippen LogP contribution in [0.3, 0.4) is 0 Å². The lowest BCUT2D eigenvalue weighted by Gasteiger charge is -2.31. The van der Waals surface area contributed by atoms with Crippen molar-refractivity contribution in [2.45, 2.75) is 19.8 Å². The van der Waals surface area contributed by atoms with E-state index in [1.54, 1.807) is 6.92 Å². The molecule has 1 aliphatic heterocycles. The van der Waals surface area contributed by atoms with Crippen LogP contribution < -0.4 is 4.90 Å². The molecular weight excluding hydrogens is 237 g/mol. The van der Waals surface area contributed by atoms with E-state index in [-0.39, 0.29) is 11.9 Å². The number of carbonyl (C=O) groups is 1. The summed E-state index contributed by atoms with van der Waals surface area (Å²) in [5.41, 5.74) is 0. The monoisotopic (exact) mass is 253 g/mol. The first-order valence-corrected chi connectivity index (χ1v) is 6.10. The minimum Gasteiger partial charge on any atom is -0.466 e. The maximum Gasteiger partial charge on any atom is 0.310 e. The molecule has 0 aromatic carbocycles. The Bertz CT molecular complexity index is 410. The molecule has 0 radical (unpaired) electrons. The van der Waals surface area contributed by atoms with Crippen molar-refractivity contribution in [2.75, 3.05) is 24.6 Å². The molecule has 18 heavy (non-hydrogen) atoms. The van der Waals surface area contributed by atoms with Gasteiger partial charge in [0.2, 0.25) is 5.95 Å². The predicted octanol–water partition coefficient (Wildman–Crippen LogP) is 1.40. The smallest absolute Gasteiger partial charge is 0.310 e. The second-order valence-electron chi connectivity index (χ2n) is 4.24. The van der Waals surface area contributed by atoms with Gasteiger partial charge in [0.1, 0.15) is 0 Å². The summed E-state index contributed by atoms with van der Waals surface area (Å²) in [6.45, 7) is 3.50. The summed E-state index contributed by atoms with van der Waals surface area (Å²) in [5.74, 6) is -0.320. The van der Waals surface area contributed by atoms with Crippen LogP contribution in [-0.4, -0.2) is 35.6 Å². The lowest BCUT2D eigenvalue weighted by Crippen LogP contribution is -2.40. The summed E-state index contributed by atoms with van der Waals surface area (Å²) < 4.78 is 17.8. The van der Waals surface area contributed by atoms with Crippen molar-refractivity contribution in [1.82, 2.24) is 9.97 Å². The van der Waals surface area contributed by atoms with Crippen molar-refractivity contribution in [3.63, 3.8) is 0 Å². The standard InChI is InChI=1S/C12H16FN3O2/c1-2-18-11(17)9-4-3-5-16(8-9)12-14-6-10(13)7-15-12/h6-7,9H,2-5,8H2,1H3. The van der Waals surface area contributed by atoms with Gasteiger partial charge < -0.3 is 9.64 Å². The largest absolute Gasteiger partial charge is 0.466 e. The van der Waals surface area contributed by atoms with Crippen LogP contribution in [0.15, 0.2) is 12.4 Å². The van der Waals surface area contributed by atoms with Crippen molar-refractivity contribution in [1.29, 1.82) is 0 Å². The third-order valence-electron chi connectivity index (χ3n) is 2.93. The molecule has 2 rings (SSSR count). The number of rotatable bonds is 3. The van der Waals surface area contributed by atoms with Gasteiger partial charge in [0.15, 0.2) is 5.82 Å². The second kappa shape index (κ2) is 5.75. The highest BCUT2D eigenvalue weighted by molar-refractivity contribution is 5.73. The van der Waals surface area contributed by atoms with E-state index in [9.17, 15) is 9.18 Å². The predicted molar refractivity (Wildman–Crippen MR) is 63.6 cm³/mol. The van der Waals surface area contributed by atoms with Gasteiger partial charge in [-0.05, 0) is 19.8 Å². The minimum atomic E-state index is -0.460. The molecule has 0 saturated carbocycles. The Balaban J connectivity index is 2.02. The van der Waals surface area contributed by atoms with Gasteiger partial charge in [-0.25, -0.2) is 14.4 Å². The van der Waals surface area contributed by atoms with Crippen LogP contribution in [0.5, 0.6) is 0 Å². The Morgan fingerprint density at radius 2 is 2.28 bits per heavy atom. The first kappa shape index (κ1) is 12.7. The SMILES string of the molecule is CCOC(=O)C1CCCN(c2ncc(F)cn2)C1. The number of carbonyl (C=O) groups excluding carboxylic acids is 1. The molecule has 1 aliphatic rings. The van der Waals surface area contributed by atoms with Gasteiger partial charge in [0.05, 0.1) is 24.9 Å². The second-order valence-corrected chi connectivity index (χ2v) is 4.24. The number of halogens is 1. The van der Waals surface area contributed by atoms with E-state index in [1.807, 2.05) is 4.90 Å². The average molecular weight is 253 g/mol. The zero-order valence-corrected chi connectivity index (χ0v) is 10.3. The Kier molecular flexibility index (Phi) is 4.07.